The van der Waals surface area contributed by atoms with E-state index >= 15 is 0 Å². The van der Waals surface area contributed by atoms with Crippen LogP contribution in [0.15, 0.2) is 54.6 Å². The van der Waals surface area contributed by atoms with E-state index in [1.807, 2.05) is 24.3 Å². The molecule has 0 aromatic heterocycles. The maximum Gasteiger partial charge on any atom is 0.373 e. The fourth-order valence-electron chi connectivity index (χ4n) is 2.62. The van der Waals surface area contributed by atoms with E-state index in [4.69, 9.17) is 9.78 Å². The van der Waals surface area contributed by atoms with Crippen molar-refractivity contribution in [2.45, 2.75) is 45.1 Å². The molecule has 0 aliphatic carbocycles. The predicted molar refractivity (Wildman–Crippen MR) is 95.6 cm³/mol. The highest BCUT2D eigenvalue weighted by Crippen LogP contribution is 2.27. The lowest BCUT2D eigenvalue weighted by atomic mass is 9.98. The molecular weight excluding hydrogens is 314 g/mol. The van der Waals surface area contributed by atoms with E-state index < -0.39 is 12.1 Å². The summed E-state index contributed by atoms with van der Waals surface area (Å²) in [5, 5.41) is 9.32. The molecule has 0 saturated heterocycles. The molecule has 0 heterocycles. The lowest BCUT2D eigenvalue weighted by Crippen LogP contribution is -2.12. The van der Waals surface area contributed by atoms with Gasteiger partial charge in [0.15, 0.2) is 0 Å². The molecule has 2 rings (SSSR count). The monoisotopic (exact) mass is 337 g/mol. The normalized spacial score (nSPS) is 11.5. The molecular formula is C21H23NO3. The molecule has 0 N–H and O–H groups in total. The van der Waals surface area contributed by atoms with E-state index in [1.54, 1.807) is 30.3 Å². The summed E-state index contributed by atoms with van der Waals surface area (Å²) in [4.78, 5) is 22.6. The number of carbonyl (C=O) groups excluding carboxylic acids is 1. The quantitative estimate of drug-likeness (QED) is 0.351. The minimum Gasteiger partial charge on any atom is -0.292 e. The first-order chi connectivity index (χ1) is 12.3. The molecule has 0 spiro atoms. The van der Waals surface area contributed by atoms with Gasteiger partial charge in [-0.05, 0) is 24.6 Å². The van der Waals surface area contributed by atoms with Crippen LogP contribution in [0.5, 0.6) is 0 Å². The van der Waals surface area contributed by atoms with Gasteiger partial charge in [0.1, 0.15) is 6.10 Å². The molecule has 4 heteroatoms. The molecule has 25 heavy (non-hydrogen) atoms. The highest BCUT2D eigenvalue weighted by Gasteiger charge is 2.19. The average molecular weight is 337 g/mol. The van der Waals surface area contributed by atoms with Crippen molar-refractivity contribution in [1.82, 2.24) is 0 Å². The molecule has 4 nitrogen and oxygen atoms in total. The van der Waals surface area contributed by atoms with E-state index in [9.17, 15) is 10.1 Å². The Hall–Kier alpha value is -2.64. The summed E-state index contributed by atoms with van der Waals surface area (Å²) in [5.74, 6) is -0.534. The molecule has 2 aromatic rings. The third-order valence-corrected chi connectivity index (χ3v) is 4.00. The number of benzene rings is 2. The van der Waals surface area contributed by atoms with Crippen molar-refractivity contribution in [3.63, 3.8) is 0 Å². The Labute approximate surface area is 148 Å². The van der Waals surface area contributed by atoms with Gasteiger partial charge in [-0.3, -0.25) is 4.89 Å². The average Bonchev–Trinajstić information content (AvgIpc) is 2.68. The fourth-order valence-corrected chi connectivity index (χ4v) is 2.62. The first-order valence-electron chi connectivity index (χ1n) is 8.68. The summed E-state index contributed by atoms with van der Waals surface area (Å²) >= 11 is 0. The SMILES string of the molecule is CCCCCCC(OOC(=O)c1ccccc1)c1ccccc1C#N. The number of nitrogens with zero attached hydrogens (tertiary/aromatic N) is 1. The smallest absolute Gasteiger partial charge is 0.292 e. The van der Waals surface area contributed by atoms with Crippen molar-refractivity contribution in [2.24, 2.45) is 0 Å². The number of carbonyl (C=O) groups is 1. The summed E-state index contributed by atoms with van der Waals surface area (Å²) in [5.41, 5.74) is 1.72. The first-order valence-corrected chi connectivity index (χ1v) is 8.68. The molecule has 130 valence electrons. The standard InChI is InChI=1S/C21H23NO3/c1-2-3-4-8-15-20(19-14-10-9-13-18(19)16-22)24-25-21(23)17-11-6-5-7-12-17/h5-7,9-14,20H,2-4,8,15H2,1H3. The molecule has 0 aliphatic rings. The van der Waals surface area contributed by atoms with Gasteiger partial charge < -0.3 is 0 Å². The van der Waals surface area contributed by atoms with Crippen LogP contribution in [0.25, 0.3) is 0 Å². The number of unbranched alkanes of at least 4 members (excludes halogenated alkanes) is 3. The van der Waals surface area contributed by atoms with E-state index in [1.165, 1.54) is 0 Å². The summed E-state index contributed by atoms with van der Waals surface area (Å²) in [6.07, 6.45) is 4.57. The Morgan fingerprint density at radius 2 is 1.76 bits per heavy atom. The number of rotatable bonds is 9. The van der Waals surface area contributed by atoms with E-state index in [0.29, 0.717) is 17.5 Å². The van der Waals surface area contributed by atoms with Crippen molar-refractivity contribution < 1.29 is 14.6 Å². The fraction of sp³-hybridized carbons (Fsp3) is 0.333. The maximum atomic E-state index is 12.1. The van der Waals surface area contributed by atoms with Crippen LogP contribution >= 0.6 is 0 Å². The lowest BCUT2D eigenvalue weighted by molar-refractivity contribution is -0.279. The first kappa shape index (κ1) is 18.7. The molecule has 0 saturated carbocycles. The molecule has 0 aliphatic heterocycles. The minimum atomic E-state index is -0.534. The zero-order valence-corrected chi connectivity index (χ0v) is 14.5. The Morgan fingerprint density at radius 1 is 1.04 bits per heavy atom. The topological polar surface area (TPSA) is 59.3 Å². The van der Waals surface area contributed by atoms with E-state index in [0.717, 1.165) is 31.2 Å². The minimum absolute atomic E-state index is 0.431. The van der Waals surface area contributed by atoms with Crippen LogP contribution in [0.1, 0.15) is 66.6 Å². The molecule has 0 radical (unpaired) electrons. The zero-order valence-electron chi connectivity index (χ0n) is 14.5. The second-order valence-electron chi connectivity index (χ2n) is 5.87. The molecule has 1 unspecified atom stereocenters. The Bertz CT molecular complexity index is 707. The van der Waals surface area contributed by atoms with Crippen LogP contribution in [0, 0.1) is 11.3 Å². The van der Waals surface area contributed by atoms with Gasteiger partial charge in [-0.25, -0.2) is 4.79 Å². The van der Waals surface area contributed by atoms with Crippen molar-refractivity contribution in [3.8, 4) is 6.07 Å². The second-order valence-corrected chi connectivity index (χ2v) is 5.87. The molecule has 0 bridgehead atoms. The Morgan fingerprint density at radius 3 is 2.48 bits per heavy atom. The van der Waals surface area contributed by atoms with Crippen LogP contribution in [-0.4, -0.2) is 5.97 Å². The van der Waals surface area contributed by atoms with Gasteiger partial charge in [0.05, 0.1) is 17.2 Å². The summed E-state index contributed by atoms with van der Waals surface area (Å²) in [7, 11) is 0. The van der Waals surface area contributed by atoms with E-state index in [-0.39, 0.29) is 0 Å². The van der Waals surface area contributed by atoms with Crippen molar-refractivity contribution in [2.75, 3.05) is 0 Å². The van der Waals surface area contributed by atoms with Gasteiger partial charge in [-0.1, -0.05) is 69.0 Å². The molecule has 2 aromatic carbocycles. The van der Waals surface area contributed by atoms with Crippen molar-refractivity contribution in [3.05, 3.63) is 71.3 Å². The number of hydrogen-bond donors (Lipinski definition) is 0. The lowest BCUT2D eigenvalue weighted by Gasteiger charge is -2.17. The Balaban J connectivity index is 2.06. The molecule has 1 atom stereocenters. The number of hydrogen-bond acceptors (Lipinski definition) is 4. The third-order valence-electron chi connectivity index (χ3n) is 4.00. The highest BCUT2D eigenvalue weighted by atomic mass is 17.2. The van der Waals surface area contributed by atoms with Gasteiger partial charge in [0.2, 0.25) is 0 Å². The predicted octanol–water partition coefficient (Wildman–Crippen LogP) is 5.36. The van der Waals surface area contributed by atoms with Gasteiger partial charge >= 0.3 is 5.97 Å². The number of nitriles is 1. The van der Waals surface area contributed by atoms with Gasteiger partial charge in [0, 0.05) is 5.56 Å². The van der Waals surface area contributed by atoms with Crippen LogP contribution in [0.4, 0.5) is 0 Å². The summed E-state index contributed by atoms with van der Waals surface area (Å²) < 4.78 is 0. The van der Waals surface area contributed by atoms with Crippen LogP contribution < -0.4 is 0 Å². The summed E-state index contributed by atoms with van der Waals surface area (Å²) in [6.45, 7) is 2.15. The summed E-state index contributed by atoms with van der Waals surface area (Å²) in [6, 6.07) is 18.1. The second kappa shape index (κ2) is 10.3. The highest BCUT2D eigenvalue weighted by molar-refractivity contribution is 5.88. The van der Waals surface area contributed by atoms with Crippen LogP contribution in [0.2, 0.25) is 0 Å². The van der Waals surface area contributed by atoms with E-state index in [2.05, 4.69) is 13.0 Å². The molecule has 0 amide bonds. The molecule has 0 fully saturated rings. The van der Waals surface area contributed by atoms with Crippen molar-refractivity contribution >= 4 is 5.97 Å². The largest absolute Gasteiger partial charge is 0.373 e. The van der Waals surface area contributed by atoms with Crippen molar-refractivity contribution in [1.29, 1.82) is 5.26 Å². The maximum absolute atomic E-state index is 12.1. The zero-order chi connectivity index (χ0) is 17.9. The van der Waals surface area contributed by atoms with Gasteiger partial charge in [-0.15, -0.1) is 0 Å². The van der Waals surface area contributed by atoms with Crippen LogP contribution in [0.3, 0.4) is 0 Å². The van der Waals surface area contributed by atoms with Crippen LogP contribution in [-0.2, 0) is 9.78 Å². The Kier molecular flexibility index (Phi) is 7.68. The van der Waals surface area contributed by atoms with Gasteiger partial charge in [0.25, 0.3) is 0 Å². The third kappa shape index (κ3) is 5.74. The van der Waals surface area contributed by atoms with Gasteiger partial charge in [-0.2, -0.15) is 10.1 Å².